The molecule has 0 aliphatic rings. The van der Waals surface area contributed by atoms with Crippen LogP contribution in [0.2, 0.25) is 0 Å². The first-order valence-corrected chi connectivity index (χ1v) is 5.04. The van der Waals surface area contributed by atoms with Crippen LogP contribution in [0.5, 0.6) is 17.2 Å². The second-order valence-corrected chi connectivity index (χ2v) is 3.45. The van der Waals surface area contributed by atoms with Crippen LogP contribution in [0.3, 0.4) is 0 Å². The van der Waals surface area contributed by atoms with Gasteiger partial charge in [-0.2, -0.15) is 0 Å². The number of rotatable bonds is 5. The van der Waals surface area contributed by atoms with Crippen molar-refractivity contribution in [2.45, 2.75) is 12.5 Å². The quantitative estimate of drug-likeness (QED) is 0.741. The SMILES string of the molecule is COc1cc(O)cc(OC)c1[C@H](N)CCN.Cl. The van der Waals surface area contributed by atoms with Gasteiger partial charge in [-0.15, -0.1) is 12.4 Å². The minimum Gasteiger partial charge on any atom is -0.508 e. The van der Waals surface area contributed by atoms with E-state index in [9.17, 15) is 5.11 Å². The molecule has 1 atom stereocenters. The Morgan fingerprint density at radius 2 is 1.71 bits per heavy atom. The molecule has 0 bridgehead atoms. The van der Waals surface area contributed by atoms with Gasteiger partial charge in [-0.05, 0) is 13.0 Å². The van der Waals surface area contributed by atoms with Crippen molar-refractivity contribution in [2.75, 3.05) is 20.8 Å². The highest BCUT2D eigenvalue weighted by molar-refractivity contribution is 5.85. The Balaban J connectivity index is 0.00000256. The van der Waals surface area contributed by atoms with E-state index in [2.05, 4.69) is 0 Å². The lowest BCUT2D eigenvalue weighted by Crippen LogP contribution is -2.17. The van der Waals surface area contributed by atoms with E-state index in [1.807, 2.05) is 0 Å². The summed E-state index contributed by atoms with van der Waals surface area (Å²) < 4.78 is 10.4. The highest BCUT2D eigenvalue weighted by Crippen LogP contribution is 2.37. The maximum Gasteiger partial charge on any atom is 0.131 e. The van der Waals surface area contributed by atoms with Gasteiger partial charge in [0.1, 0.15) is 17.2 Å². The molecule has 1 aromatic rings. The van der Waals surface area contributed by atoms with Crippen LogP contribution in [0.4, 0.5) is 0 Å². The van der Waals surface area contributed by atoms with E-state index < -0.39 is 0 Å². The van der Waals surface area contributed by atoms with Crippen molar-refractivity contribution >= 4 is 12.4 Å². The molecule has 1 aromatic carbocycles. The smallest absolute Gasteiger partial charge is 0.131 e. The van der Waals surface area contributed by atoms with Gasteiger partial charge in [0, 0.05) is 18.2 Å². The predicted octanol–water partition coefficient (Wildman–Crippen LogP) is 1.18. The Hall–Kier alpha value is -1.17. The lowest BCUT2D eigenvalue weighted by molar-refractivity contribution is 0.369. The molecule has 6 heteroatoms. The second-order valence-electron chi connectivity index (χ2n) is 3.45. The van der Waals surface area contributed by atoms with Gasteiger partial charge in [0.15, 0.2) is 0 Å². The van der Waals surface area contributed by atoms with Gasteiger partial charge in [-0.25, -0.2) is 0 Å². The zero-order valence-electron chi connectivity index (χ0n) is 9.97. The molecule has 0 saturated heterocycles. The highest BCUT2D eigenvalue weighted by atomic mass is 35.5. The standard InChI is InChI=1S/C11H18N2O3.ClH/c1-15-9-5-7(14)6-10(16-2)11(9)8(13)3-4-12;/h5-6,8,14H,3-4,12-13H2,1-2H3;1H/t8-;/m1./s1. The molecule has 0 spiro atoms. The Labute approximate surface area is 107 Å². The number of phenolic OH excluding ortho intramolecular Hbond substituents is 1. The normalized spacial score (nSPS) is 11.5. The first-order valence-electron chi connectivity index (χ1n) is 5.04. The van der Waals surface area contributed by atoms with Crippen LogP contribution in [0.15, 0.2) is 12.1 Å². The van der Waals surface area contributed by atoms with E-state index in [0.717, 1.165) is 5.56 Å². The largest absolute Gasteiger partial charge is 0.508 e. The van der Waals surface area contributed by atoms with E-state index in [0.29, 0.717) is 24.5 Å². The molecule has 0 fully saturated rings. The molecule has 0 heterocycles. The van der Waals surface area contributed by atoms with E-state index in [1.54, 1.807) is 0 Å². The summed E-state index contributed by atoms with van der Waals surface area (Å²) in [5, 5.41) is 9.47. The molecule has 1 rings (SSSR count). The van der Waals surface area contributed by atoms with Crippen molar-refractivity contribution in [3.05, 3.63) is 17.7 Å². The summed E-state index contributed by atoms with van der Waals surface area (Å²) in [5.74, 6) is 1.10. The molecule has 0 amide bonds. The van der Waals surface area contributed by atoms with Gasteiger partial charge in [-0.1, -0.05) is 0 Å². The van der Waals surface area contributed by atoms with Crippen LogP contribution in [-0.4, -0.2) is 25.9 Å². The van der Waals surface area contributed by atoms with Crippen molar-refractivity contribution < 1.29 is 14.6 Å². The topological polar surface area (TPSA) is 90.7 Å². The molecule has 0 radical (unpaired) electrons. The van der Waals surface area contributed by atoms with Crippen LogP contribution in [0.25, 0.3) is 0 Å². The van der Waals surface area contributed by atoms with Crippen molar-refractivity contribution in [3.8, 4) is 17.2 Å². The third-order valence-corrected chi connectivity index (χ3v) is 2.38. The molecule has 0 saturated carbocycles. The van der Waals surface area contributed by atoms with Gasteiger partial charge >= 0.3 is 0 Å². The summed E-state index contributed by atoms with van der Waals surface area (Å²) in [7, 11) is 3.04. The lowest BCUT2D eigenvalue weighted by atomic mass is 10.0. The fourth-order valence-corrected chi connectivity index (χ4v) is 1.61. The summed E-state index contributed by atoms with van der Waals surface area (Å²) in [6.07, 6.45) is 0.623. The maximum absolute atomic E-state index is 9.47. The van der Waals surface area contributed by atoms with E-state index in [4.69, 9.17) is 20.9 Å². The minimum atomic E-state index is -0.268. The van der Waals surface area contributed by atoms with E-state index in [-0.39, 0.29) is 24.2 Å². The number of halogens is 1. The van der Waals surface area contributed by atoms with E-state index >= 15 is 0 Å². The number of hydrogen-bond donors (Lipinski definition) is 3. The number of nitrogens with two attached hydrogens (primary N) is 2. The van der Waals surface area contributed by atoms with Gasteiger partial charge in [0.2, 0.25) is 0 Å². The number of ether oxygens (including phenoxy) is 2. The maximum atomic E-state index is 9.47. The second kappa shape index (κ2) is 7.21. The third kappa shape index (κ3) is 3.66. The average molecular weight is 263 g/mol. The summed E-state index contributed by atoms with van der Waals surface area (Å²) in [5.41, 5.74) is 12.2. The fourth-order valence-electron chi connectivity index (χ4n) is 1.61. The van der Waals surface area contributed by atoms with Crippen molar-refractivity contribution in [1.29, 1.82) is 0 Å². The van der Waals surface area contributed by atoms with Crippen LogP contribution in [0, 0.1) is 0 Å². The summed E-state index contributed by atoms with van der Waals surface area (Å²) in [6.45, 7) is 0.481. The molecular weight excluding hydrogens is 244 g/mol. The molecule has 0 aliphatic heterocycles. The van der Waals surface area contributed by atoms with Gasteiger partial charge in [0.25, 0.3) is 0 Å². The number of aromatic hydroxyl groups is 1. The molecular formula is C11H19ClN2O3. The van der Waals surface area contributed by atoms with Crippen LogP contribution < -0.4 is 20.9 Å². The summed E-state index contributed by atoms with van der Waals surface area (Å²) in [4.78, 5) is 0. The zero-order valence-corrected chi connectivity index (χ0v) is 10.8. The van der Waals surface area contributed by atoms with Gasteiger partial charge in [-0.3, -0.25) is 0 Å². The Bertz CT molecular complexity index is 336. The average Bonchev–Trinajstić information content (AvgIpc) is 2.27. The number of methoxy groups -OCH3 is 2. The zero-order chi connectivity index (χ0) is 12.1. The van der Waals surface area contributed by atoms with Crippen molar-refractivity contribution in [3.63, 3.8) is 0 Å². The van der Waals surface area contributed by atoms with Crippen molar-refractivity contribution in [2.24, 2.45) is 11.5 Å². The number of hydrogen-bond acceptors (Lipinski definition) is 5. The summed E-state index contributed by atoms with van der Waals surface area (Å²) >= 11 is 0. The minimum absolute atomic E-state index is 0. The fraction of sp³-hybridized carbons (Fsp3) is 0.455. The van der Waals surface area contributed by atoms with Crippen LogP contribution >= 0.6 is 12.4 Å². The Kier molecular flexibility index (Phi) is 6.72. The van der Waals surface area contributed by atoms with E-state index in [1.165, 1.54) is 26.4 Å². The number of benzene rings is 1. The van der Waals surface area contributed by atoms with Crippen LogP contribution in [-0.2, 0) is 0 Å². The van der Waals surface area contributed by atoms with Crippen molar-refractivity contribution in [1.82, 2.24) is 0 Å². The predicted molar refractivity (Wildman–Crippen MR) is 69.1 cm³/mol. The monoisotopic (exact) mass is 262 g/mol. The Morgan fingerprint density at radius 1 is 1.24 bits per heavy atom. The molecule has 5 N–H and O–H groups in total. The highest BCUT2D eigenvalue weighted by Gasteiger charge is 2.18. The van der Waals surface area contributed by atoms with Gasteiger partial charge in [0.05, 0.1) is 19.8 Å². The molecule has 0 aliphatic carbocycles. The molecule has 0 unspecified atom stereocenters. The third-order valence-electron chi connectivity index (χ3n) is 2.38. The molecule has 5 nitrogen and oxygen atoms in total. The van der Waals surface area contributed by atoms with Crippen LogP contribution in [0.1, 0.15) is 18.0 Å². The molecule has 17 heavy (non-hydrogen) atoms. The number of phenols is 1. The molecule has 0 aromatic heterocycles. The molecule has 98 valence electrons. The summed E-state index contributed by atoms with van der Waals surface area (Å²) in [6, 6.07) is 2.75. The first-order chi connectivity index (χ1) is 7.63. The Morgan fingerprint density at radius 3 is 2.06 bits per heavy atom. The van der Waals surface area contributed by atoms with Gasteiger partial charge < -0.3 is 26.0 Å². The lowest BCUT2D eigenvalue weighted by Gasteiger charge is -2.18. The first kappa shape index (κ1) is 15.8.